The van der Waals surface area contributed by atoms with Gasteiger partial charge in [0.2, 0.25) is 0 Å². The van der Waals surface area contributed by atoms with Crippen LogP contribution in [0, 0.1) is 13.8 Å². The van der Waals surface area contributed by atoms with Crippen LogP contribution < -0.4 is 10.7 Å². The predicted molar refractivity (Wildman–Crippen MR) is 126 cm³/mol. The Labute approximate surface area is 191 Å². The predicted octanol–water partition coefficient (Wildman–Crippen LogP) is 6.02. The monoisotopic (exact) mass is 453 g/mol. The molecule has 0 spiro atoms. The van der Waals surface area contributed by atoms with Gasteiger partial charge in [-0.15, -0.1) is 0 Å². The Bertz CT molecular complexity index is 1170. The van der Waals surface area contributed by atoms with Crippen molar-refractivity contribution in [1.82, 2.24) is 5.43 Å². The van der Waals surface area contributed by atoms with Crippen LogP contribution in [-0.2, 0) is 0 Å². The molecule has 0 bridgehead atoms. The number of halogens is 2. The van der Waals surface area contributed by atoms with E-state index in [1.165, 1.54) is 6.07 Å². The molecule has 2 amide bonds. The van der Waals surface area contributed by atoms with Crippen LogP contribution >= 0.6 is 23.2 Å². The molecule has 3 rings (SSSR count). The maximum Gasteiger partial charge on any atom is 0.271 e. The van der Waals surface area contributed by atoms with E-state index in [-0.39, 0.29) is 16.8 Å². The van der Waals surface area contributed by atoms with Crippen LogP contribution in [0.3, 0.4) is 0 Å². The van der Waals surface area contributed by atoms with Gasteiger partial charge in [0.1, 0.15) is 0 Å². The lowest BCUT2D eigenvalue weighted by Crippen LogP contribution is -2.19. The van der Waals surface area contributed by atoms with E-state index >= 15 is 0 Å². The van der Waals surface area contributed by atoms with Gasteiger partial charge in [0.25, 0.3) is 11.8 Å². The van der Waals surface area contributed by atoms with E-state index in [4.69, 9.17) is 23.2 Å². The molecule has 158 valence electrons. The Morgan fingerprint density at radius 1 is 0.806 bits per heavy atom. The van der Waals surface area contributed by atoms with Crippen molar-refractivity contribution >= 4 is 46.4 Å². The summed E-state index contributed by atoms with van der Waals surface area (Å²) in [5.74, 6) is -0.605. The third-order valence-electron chi connectivity index (χ3n) is 4.83. The van der Waals surface area contributed by atoms with Gasteiger partial charge in [-0.1, -0.05) is 41.4 Å². The van der Waals surface area contributed by atoms with E-state index in [0.29, 0.717) is 27.5 Å². The first-order chi connectivity index (χ1) is 14.7. The highest BCUT2D eigenvalue weighted by molar-refractivity contribution is 6.37. The minimum atomic E-state index is -0.333. The number of hydrogen-bond donors (Lipinski definition) is 2. The van der Waals surface area contributed by atoms with Crippen LogP contribution in [0.1, 0.15) is 44.3 Å². The van der Waals surface area contributed by atoms with Gasteiger partial charge >= 0.3 is 0 Å². The summed E-state index contributed by atoms with van der Waals surface area (Å²) >= 11 is 12.0. The second-order valence-electron chi connectivity index (χ2n) is 7.09. The van der Waals surface area contributed by atoms with E-state index in [1.54, 1.807) is 49.4 Å². The van der Waals surface area contributed by atoms with Crippen molar-refractivity contribution in [2.24, 2.45) is 5.10 Å². The summed E-state index contributed by atoms with van der Waals surface area (Å²) < 4.78 is 0. The van der Waals surface area contributed by atoms with Gasteiger partial charge in [-0.05, 0) is 79.9 Å². The van der Waals surface area contributed by atoms with Gasteiger partial charge in [-0.3, -0.25) is 9.59 Å². The molecule has 0 aliphatic heterocycles. The molecule has 0 atom stereocenters. The van der Waals surface area contributed by atoms with Crippen molar-refractivity contribution < 1.29 is 9.59 Å². The number of hydrazone groups is 1. The fourth-order valence-electron chi connectivity index (χ4n) is 2.81. The molecule has 3 aromatic carbocycles. The molecule has 0 aliphatic carbocycles. The van der Waals surface area contributed by atoms with Crippen LogP contribution in [0.2, 0.25) is 10.0 Å². The summed E-state index contributed by atoms with van der Waals surface area (Å²) in [6, 6.07) is 17.3. The van der Waals surface area contributed by atoms with E-state index in [9.17, 15) is 9.59 Å². The van der Waals surface area contributed by atoms with Crippen LogP contribution in [0.25, 0.3) is 0 Å². The zero-order valence-corrected chi connectivity index (χ0v) is 18.8. The first-order valence-corrected chi connectivity index (χ1v) is 10.3. The fraction of sp³-hybridized carbons (Fsp3) is 0.125. The number of aryl methyl sites for hydroxylation is 2. The zero-order valence-electron chi connectivity index (χ0n) is 17.3. The smallest absolute Gasteiger partial charge is 0.271 e. The molecule has 0 heterocycles. The minimum absolute atomic E-state index is 0.272. The Morgan fingerprint density at radius 3 is 2.13 bits per heavy atom. The number of rotatable bonds is 5. The molecule has 0 aliphatic rings. The number of carbonyl (C=O) groups excluding carboxylic acids is 2. The van der Waals surface area contributed by atoms with Crippen molar-refractivity contribution in [3.63, 3.8) is 0 Å². The fourth-order valence-corrected chi connectivity index (χ4v) is 3.31. The van der Waals surface area contributed by atoms with E-state index in [2.05, 4.69) is 15.8 Å². The van der Waals surface area contributed by atoms with Crippen molar-refractivity contribution in [3.05, 3.63) is 98.5 Å². The van der Waals surface area contributed by atoms with Crippen molar-refractivity contribution in [3.8, 4) is 0 Å². The minimum Gasteiger partial charge on any atom is -0.322 e. The summed E-state index contributed by atoms with van der Waals surface area (Å²) in [7, 11) is 0. The quantitative estimate of drug-likeness (QED) is 0.366. The molecule has 3 aromatic rings. The molecular formula is C24H21Cl2N3O2. The largest absolute Gasteiger partial charge is 0.322 e. The second kappa shape index (κ2) is 9.77. The van der Waals surface area contributed by atoms with Gasteiger partial charge < -0.3 is 5.32 Å². The molecule has 5 nitrogen and oxygen atoms in total. The zero-order chi connectivity index (χ0) is 22.5. The molecule has 0 unspecified atom stereocenters. The van der Waals surface area contributed by atoms with Crippen molar-refractivity contribution in [2.45, 2.75) is 20.8 Å². The van der Waals surface area contributed by atoms with Gasteiger partial charge in [0.15, 0.2) is 0 Å². The standard InChI is InChI=1S/C24H21Cl2N3O2/c1-14-4-5-18(12-15(14)2)23(30)29-28-16(3)17-6-9-20(10-7-17)27-24(31)21-11-8-19(25)13-22(21)26/h4-13H,1-3H3,(H,27,31)(H,29,30)/b28-16-. The molecule has 2 N–H and O–H groups in total. The topological polar surface area (TPSA) is 70.6 Å². The Morgan fingerprint density at radius 2 is 1.48 bits per heavy atom. The average Bonchev–Trinajstić information content (AvgIpc) is 2.74. The van der Waals surface area contributed by atoms with Gasteiger partial charge in [0.05, 0.1) is 16.3 Å². The third-order valence-corrected chi connectivity index (χ3v) is 5.38. The number of hydrogen-bond acceptors (Lipinski definition) is 3. The Hall–Kier alpha value is -3.15. The number of anilines is 1. The third kappa shape index (κ3) is 5.72. The summed E-state index contributed by atoms with van der Waals surface area (Å²) in [4.78, 5) is 24.7. The summed E-state index contributed by atoms with van der Waals surface area (Å²) in [5.41, 5.74) is 7.69. The number of amides is 2. The SMILES string of the molecule is C/C(=N/NC(=O)c1ccc(C)c(C)c1)c1ccc(NC(=O)c2ccc(Cl)cc2Cl)cc1. The number of nitrogens with zero attached hydrogens (tertiary/aromatic N) is 1. The van der Waals surface area contributed by atoms with Gasteiger partial charge in [-0.2, -0.15) is 5.10 Å². The van der Waals surface area contributed by atoms with E-state index < -0.39 is 0 Å². The van der Waals surface area contributed by atoms with Crippen LogP contribution in [-0.4, -0.2) is 17.5 Å². The van der Waals surface area contributed by atoms with Crippen LogP contribution in [0.4, 0.5) is 5.69 Å². The van der Waals surface area contributed by atoms with E-state index in [0.717, 1.165) is 16.7 Å². The highest BCUT2D eigenvalue weighted by Crippen LogP contribution is 2.22. The lowest BCUT2D eigenvalue weighted by molar-refractivity contribution is 0.0954. The molecule has 31 heavy (non-hydrogen) atoms. The maximum atomic E-state index is 12.4. The molecule has 7 heteroatoms. The number of carbonyl (C=O) groups is 2. The molecule has 0 saturated heterocycles. The normalized spacial score (nSPS) is 11.2. The van der Waals surface area contributed by atoms with Crippen molar-refractivity contribution in [2.75, 3.05) is 5.32 Å². The number of nitrogens with one attached hydrogen (secondary N) is 2. The van der Waals surface area contributed by atoms with Gasteiger partial charge in [-0.25, -0.2) is 5.43 Å². The highest BCUT2D eigenvalue weighted by Gasteiger charge is 2.11. The lowest BCUT2D eigenvalue weighted by atomic mass is 10.1. The summed E-state index contributed by atoms with van der Waals surface area (Å²) in [6.45, 7) is 5.75. The number of benzene rings is 3. The van der Waals surface area contributed by atoms with Crippen molar-refractivity contribution in [1.29, 1.82) is 0 Å². The molecular weight excluding hydrogens is 433 g/mol. The highest BCUT2D eigenvalue weighted by atomic mass is 35.5. The summed E-state index contributed by atoms with van der Waals surface area (Å²) in [5, 5.41) is 7.72. The maximum absolute atomic E-state index is 12.4. The lowest BCUT2D eigenvalue weighted by Gasteiger charge is -2.08. The molecule has 0 radical (unpaired) electrons. The molecule has 0 aromatic heterocycles. The second-order valence-corrected chi connectivity index (χ2v) is 7.94. The van der Waals surface area contributed by atoms with Crippen LogP contribution in [0.5, 0.6) is 0 Å². The Balaban J connectivity index is 1.65. The first-order valence-electron chi connectivity index (χ1n) is 9.53. The van der Waals surface area contributed by atoms with Gasteiger partial charge in [0, 0.05) is 16.3 Å². The Kier molecular flexibility index (Phi) is 7.10. The van der Waals surface area contributed by atoms with E-state index in [1.807, 2.05) is 26.0 Å². The molecule has 0 saturated carbocycles. The van der Waals surface area contributed by atoms with Crippen LogP contribution in [0.15, 0.2) is 65.8 Å². The summed E-state index contributed by atoms with van der Waals surface area (Å²) in [6.07, 6.45) is 0. The molecule has 0 fully saturated rings. The average molecular weight is 454 g/mol. The first kappa shape index (κ1) is 22.5.